The van der Waals surface area contributed by atoms with Crippen molar-refractivity contribution in [2.75, 3.05) is 26.7 Å². The molecule has 94 valence electrons. The molecular weight excluding hydrogens is 212 g/mol. The topological polar surface area (TPSA) is 24.3 Å². The zero-order chi connectivity index (χ0) is 11.7. The molecule has 1 saturated heterocycles. The third-order valence-corrected chi connectivity index (χ3v) is 3.84. The Hall–Kier alpha value is -0.870. The summed E-state index contributed by atoms with van der Waals surface area (Å²) in [5, 5.41) is 4.76. The van der Waals surface area contributed by atoms with Crippen LogP contribution in [0.5, 0.6) is 0 Å². The van der Waals surface area contributed by atoms with Gasteiger partial charge in [-0.3, -0.25) is 9.58 Å². The number of likely N-dealkylation sites (tertiary alicyclic amines) is 1. The second kappa shape index (κ2) is 4.78. The predicted molar refractivity (Wildman–Crippen MR) is 67.7 cm³/mol. The molecule has 0 N–H and O–H groups in total. The van der Waals surface area contributed by atoms with Crippen molar-refractivity contribution >= 4 is 0 Å². The molecule has 1 aromatic rings. The molecule has 3 rings (SSSR count). The van der Waals surface area contributed by atoms with Crippen LogP contribution in [0.3, 0.4) is 0 Å². The van der Waals surface area contributed by atoms with Gasteiger partial charge in [-0.25, -0.2) is 0 Å². The number of hydrogen-bond acceptors (Lipinski definition) is 3. The Bertz CT molecular complexity index is 379. The first-order valence-electron chi connectivity index (χ1n) is 6.78. The molecule has 0 saturated carbocycles. The van der Waals surface area contributed by atoms with Gasteiger partial charge in [0.15, 0.2) is 0 Å². The highest BCUT2D eigenvalue weighted by atomic mass is 15.3. The van der Waals surface area contributed by atoms with Crippen LogP contribution in [0.1, 0.15) is 30.7 Å². The SMILES string of the molecule is CN1CCCn2nc(CN3CCCC3)cc2C1. The molecule has 0 bridgehead atoms. The van der Waals surface area contributed by atoms with Crippen LogP contribution in [0, 0.1) is 0 Å². The molecule has 0 unspecified atom stereocenters. The van der Waals surface area contributed by atoms with Gasteiger partial charge in [0, 0.05) is 26.2 Å². The van der Waals surface area contributed by atoms with Gasteiger partial charge in [-0.15, -0.1) is 0 Å². The smallest absolute Gasteiger partial charge is 0.0768 e. The minimum atomic E-state index is 1.05. The summed E-state index contributed by atoms with van der Waals surface area (Å²) in [7, 11) is 2.20. The summed E-state index contributed by atoms with van der Waals surface area (Å²) in [6.45, 7) is 6.87. The van der Waals surface area contributed by atoms with Crippen molar-refractivity contribution < 1.29 is 0 Å². The first kappa shape index (κ1) is 11.2. The van der Waals surface area contributed by atoms with Crippen LogP contribution in [-0.2, 0) is 19.6 Å². The molecule has 0 radical (unpaired) electrons. The Morgan fingerprint density at radius 3 is 2.76 bits per heavy atom. The lowest BCUT2D eigenvalue weighted by molar-refractivity contribution is 0.323. The van der Waals surface area contributed by atoms with Crippen molar-refractivity contribution in [1.82, 2.24) is 19.6 Å². The van der Waals surface area contributed by atoms with E-state index in [-0.39, 0.29) is 0 Å². The minimum Gasteiger partial charge on any atom is -0.300 e. The monoisotopic (exact) mass is 234 g/mol. The van der Waals surface area contributed by atoms with E-state index in [2.05, 4.69) is 27.6 Å². The van der Waals surface area contributed by atoms with E-state index >= 15 is 0 Å². The molecule has 4 heteroatoms. The molecule has 0 amide bonds. The van der Waals surface area contributed by atoms with Gasteiger partial charge in [0.05, 0.1) is 11.4 Å². The molecule has 3 heterocycles. The average Bonchev–Trinajstić information content (AvgIpc) is 2.87. The summed E-state index contributed by atoms with van der Waals surface area (Å²) >= 11 is 0. The van der Waals surface area contributed by atoms with E-state index in [4.69, 9.17) is 5.10 Å². The van der Waals surface area contributed by atoms with Crippen LogP contribution in [0.2, 0.25) is 0 Å². The maximum Gasteiger partial charge on any atom is 0.0768 e. The molecule has 0 aromatic carbocycles. The maximum absolute atomic E-state index is 4.76. The van der Waals surface area contributed by atoms with Crippen molar-refractivity contribution in [3.8, 4) is 0 Å². The van der Waals surface area contributed by atoms with Gasteiger partial charge >= 0.3 is 0 Å². The predicted octanol–water partition coefficient (Wildman–Crippen LogP) is 1.31. The lowest BCUT2D eigenvalue weighted by Gasteiger charge is -2.12. The number of aromatic nitrogens is 2. The second-order valence-electron chi connectivity index (χ2n) is 5.42. The third kappa shape index (κ3) is 2.53. The fraction of sp³-hybridized carbons (Fsp3) is 0.769. The maximum atomic E-state index is 4.76. The van der Waals surface area contributed by atoms with Gasteiger partial charge in [0.25, 0.3) is 0 Å². The lowest BCUT2D eigenvalue weighted by Crippen LogP contribution is -2.19. The highest BCUT2D eigenvalue weighted by molar-refractivity contribution is 5.11. The van der Waals surface area contributed by atoms with Crippen LogP contribution in [0.4, 0.5) is 0 Å². The van der Waals surface area contributed by atoms with E-state index in [9.17, 15) is 0 Å². The molecule has 1 fully saturated rings. The summed E-state index contributed by atoms with van der Waals surface area (Å²) in [5.41, 5.74) is 2.65. The van der Waals surface area contributed by atoms with Gasteiger partial charge in [-0.05, 0) is 45.5 Å². The molecule has 0 spiro atoms. The second-order valence-corrected chi connectivity index (χ2v) is 5.42. The fourth-order valence-corrected chi connectivity index (χ4v) is 2.93. The van der Waals surface area contributed by atoms with Crippen molar-refractivity contribution in [3.05, 3.63) is 17.5 Å². The zero-order valence-electron chi connectivity index (χ0n) is 10.7. The highest BCUT2D eigenvalue weighted by Gasteiger charge is 2.17. The number of rotatable bonds is 2. The number of fused-ring (bicyclic) bond motifs is 1. The fourth-order valence-electron chi connectivity index (χ4n) is 2.93. The Balaban J connectivity index is 1.72. The lowest BCUT2D eigenvalue weighted by atomic mass is 10.3. The Morgan fingerprint density at radius 1 is 1.12 bits per heavy atom. The van der Waals surface area contributed by atoms with Crippen LogP contribution in [-0.4, -0.2) is 46.3 Å². The van der Waals surface area contributed by atoms with Gasteiger partial charge in [0.2, 0.25) is 0 Å². The number of aryl methyl sites for hydroxylation is 1. The quantitative estimate of drug-likeness (QED) is 0.771. The largest absolute Gasteiger partial charge is 0.300 e. The van der Waals surface area contributed by atoms with Crippen molar-refractivity contribution in [1.29, 1.82) is 0 Å². The van der Waals surface area contributed by atoms with Crippen molar-refractivity contribution in [2.45, 2.75) is 38.9 Å². The molecule has 4 nitrogen and oxygen atoms in total. The summed E-state index contributed by atoms with van der Waals surface area (Å²) in [6, 6.07) is 2.31. The summed E-state index contributed by atoms with van der Waals surface area (Å²) in [5.74, 6) is 0. The van der Waals surface area contributed by atoms with E-state index in [1.165, 1.54) is 50.3 Å². The average molecular weight is 234 g/mol. The molecule has 0 aliphatic carbocycles. The standard InChI is InChI=1S/C13H22N4/c1-15-5-4-8-17-13(11-15)9-12(14-17)10-16-6-2-3-7-16/h9H,2-8,10-11H2,1H3. The Morgan fingerprint density at radius 2 is 1.94 bits per heavy atom. The van der Waals surface area contributed by atoms with Crippen LogP contribution < -0.4 is 0 Å². The molecule has 17 heavy (non-hydrogen) atoms. The summed E-state index contributed by atoms with van der Waals surface area (Å²) in [6.07, 6.45) is 3.93. The third-order valence-electron chi connectivity index (χ3n) is 3.84. The highest BCUT2D eigenvalue weighted by Crippen LogP contribution is 2.16. The van der Waals surface area contributed by atoms with Crippen LogP contribution in [0.25, 0.3) is 0 Å². The first-order valence-corrected chi connectivity index (χ1v) is 6.78. The number of nitrogens with zero attached hydrogens (tertiary/aromatic N) is 4. The van der Waals surface area contributed by atoms with Crippen LogP contribution in [0.15, 0.2) is 6.07 Å². The van der Waals surface area contributed by atoms with Gasteiger partial charge in [-0.1, -0.05) is 0 Å². The minimum absolute atomic E-state index is 1.05. The molecule has 2 aliphatic heterocycles. The molecule has 2 aliphatic rings. The molecular formula is C13H22N4. The van der Waals surface area contributed by atoms with Gasteiger partial charge in [0.1, 0.15) is 0 Å². The first-order chi connectivity index (χ1) is 8.31. The van der Waals surface area contributed by atoms with Gasteiger partial charge in [-0.2, -0.15) is 5.10 Å². The van der Waals surface area contributed by atoms with E-state index in [1.807, 2.05) is 0 Å². The Kier molecular flexibility index (Phi) is 3.16. The molecule has 0 atom stereocenters. The number of hydrogen-bond donors (Lipinski definition) is 0. The van der Waals surface area contributed by atoms with E-state index < -0.39 is 0 Å². The van der Waals surface area contributed by atoms with Gasteiger partial charge < -0.3 is 4.90 Å². The van der Waals surface area contributed by atoms with Crippen molar-refractivity contribution in [3.63, 3.8) is 0 Å². The zero-order valence-corrected chi connectivity index (χ0v) is 10.7. The van der Waals surface area contributed by atoms with Crippen molar-refractivity contribution in [2.24, 2.45) is 0 Å². The van der Waals surface area contributed by atoms with E-state index in [0.717, 1.165) is 19.6 Å². The van der Waals surface area contributed by atoms with E-state index in [0.29, 0.717) is 0 Å². The summed E-state index contributed by atoms with van der Waals surface area (Å²) in [4.78, 5) is 4.91. The normalized spacial score (nSPS) is 22.6. The van der Waals surface area contributed by atoms with Crippen LogP contribution >= 0.6 is 0 Å². The summed E-state index contributed by atoms with van der Waals surface area (Å²) < 4.78 is 2.22. The molecule has 1 aromatic heterocycles. The van der Waals surface area contributed by atoms with E-state index in [1.54, 1.807) is 0 Å². The Labute approximate surface area is 103 Å².